The molecule has 0 spiro atoms. The predicted octanol–water partition coefficient (Wildman–Crippen LogP) is 2.19. The molecule has 1 aromatic rings. The van der Waals surface area contributed by atoms with Gasteiger partial charge in [-0.3, -0.25) is 0 Å². The topological polar surface area (TPSA) is 47.3 Å². The van der Waals surface area contributed by atoms with Gasteiger partial charge in [0.1, 0.15) is 5.82 Å². The number of hydrogen-bond acceptors (Lipinski definition) is 3. The number of halogens is 2. The molecule has 0 saturated carbocycles. The molecule has 0 heterocycles. The molecule has 1 aromatic carbocycles. The van der Waals surface area contributed by atoms with Crippen molar-refractivity contribution < 1.29 is 13.5 Å². The fourth-order valence-corrected chi connectivity index (χ4v) is 1.65. The summed E-state index contributed by atoms with van der Waals surface area (Å²) in [6.07, 6.45) is 0.757. The van der Waals surface area contributed by atoms with Gasteiger partial charge < -0.3 is 15.8 Å². The zero-order valence-corrected chi connectivity index (χ0v) is 11.0. The highest BCUT2D eigenvalue weighted by Crippen LogP contribution is 2.21. The van der Waals surface area contributed by atoms with Crippen LogP contribution in [0.15, 0.2) is 12.1 Å². The predicted molar refractivity (Wildman–Crippen MR) is 67.5 cm³/mol. The Kier molecular flexibility index (Phi) is 5.04. The summed E-state index contributed by atoms with van der Waals surface area (Å²) >= 11 is 0. The van der Waals surface area contributed by atoms with Gasteiger partial charge in [0.2, 0.25) is 0 Å². The molecule has 0 aliphatic heterocycles. The molecule has 3 N–H and O–H groups in total. The summed E-state index contributed by atoms with van der Waals surface area (Å²) < 4.78 is 31.8. The molecule has 3 nitrogen and oxygen atoms in total. The van der Waals surface area contributed by atoms with Gasteiger partial charge in [-0.15, -0.1) is 0 Å². The molecular weight excluding hydrogens is 238 g/mol. The number of hydrogen-bond donors (Lipinski definition) is 2. The molecule has 0 aromatic heterocycles. The Morgan fingerprint density at radius 1 is 1.28 bits per heavy atom. The molecule has 0 aliphatic carbocycles. The number of nitrogens with one attached hydrogen (secondary N) is 1. The Bertz CT molecular complexity index is 408. The van der Waals surface area contributed by atoms with Crippen molar-refractivity contribution in [2.45, 2.75) is 32.4 Å². The summed E-state index contributed by atoms with van der Waals surface area (Å²) in [5.74, 6) is -1.13. The van der Waals surface area contributed by atoms with Gasteiger partial charge in [0.25, 0.3) is 0 Å². The lowest BCUT2D eigenvalue weighted by Crippen LogP contribution is -2.40. The lowest BCUT2D eigenvalue weighted by atomic mass is 10.0. The Balaban J connectivity index is 2.77. The van der Waals surface area contributed by atoms with Crippen LogP contribution in [0.3, 0.4) is 0 Å². The van der Waals surface area contributed by atoms with E-state index in [1.54, 1.807) is 0 Å². The van der Waals surface area contributed by atoms with Crippen LogP contribution < -0.4 is 15.8 Å². The van der Waals surface area contributed by atoms with Crippen LogP contribution in [-0.2, 0) is 6.54 Å². The van der Waals surface area contributed by atoms with E-state index in [0.29, 0.717) is 6.54 Å². The fourth-order valence-electron chi connectivity index (χ4n) is 1.65. The van der Waals surface area contributed by atoms with Gasteiger partial charge in [0.05, 0.1) is 7.11 Å². The average Bonchev–Trinajstić information content (AvgIpc) is 2.29. The Hall–Kier alpha value is -1.20. The van der Waals surface area contributed by atoms with Crippen LogP contribution >= 0.6 is 0 Å². The molecule has 0 fully saturated rings. The number of benzene rings is 1. The minimum atomic E-state index is -0.563. The summed E-state index contributed by atoms with van der Waals surface area (Å²) in [4.78, 5) is 0. The highest BCUT2D eigenvalue weighted by atomic mass is 19.1. The number of ether oxygens (including phenoxy) is 1. The zero-order valence-electron chi connectivity index (χ0n) is 11.0. The van der Waals surface area contributed by atoms with Crippen molar-refractivity contribution >= 4 is 0 Å². The number of nitrogens with two attached hydrogens (primary N) is 1. The lowest BCUT2D eigenvalue weighted by Gasteiger charge is -2.26. The first-order valence-corrected chi connectivity index (χ1v) is 5.86. The fraction of sp³-hybridized carbons (Fsp3) is 0.538. The summed E-state index contributed by atoms with van der Waals surface area (Å²) in [6, 6.07) is 2.21. The van der Waals surface area contributed by atoms with E-state index < -0.39 is 11.6 Å². The monoisotopic (exact) mass is 258 g/mol. The highest BCUT2D eigenvalue weighted by Gasteiger charge is 2.17. The molecule has 0 radical (unpaired) electrons. The maximum Gasteiger partial charge on any atom is 0.165 e. The van der Waals surface area contributed by atoms with Crippen LogP contribution in [0, 0.1) is 11.6 Å². The minimum absolute atomic E-state index is 0.0857. The Morgan fingerprint density at radius 2 is 1.94 bits per heavy atom. The van der Waals surface area contributed by atoms with Crippen molar-refractivity contribution in [3.63, 3.8) is 0 Å². The van der Waals surface area contributed by atoms with Crippen molar-refractivity contribution in [2.75, 3.05) is 13.7 Å². The van der Waals surface area contributed by atoms with Crippen LogP contribution in [0.2, 0.25) is 0 Å². The molecule has 18 heavy (non-hydrogen) atoms. The summed E-state index contributed by atoms with van der Waals surface area (Å²) in [5, 5.41) is 3.15. The third-order valence-electron chi connectivity index (χ3n) is 2.85. The van der Waals surface area contributed by atoms with Gasteiger partial charge in [0, 0.05) is 23.7 Å². The van der Waals surface area contributed by atoms with Crippen molar-refractivity contribution in [3.05, 3.63) is 29.3 Å². The van der Waals surface area contributed by atoms with E-state index >= 15 is 0 Å². The van der Waals surface area contributed by atoms with E-state index in [0.717, 1.165) is 18.6 Å². The van der Waals surface area contributed by atoms with Crippen molar-refractivity contribution in [3.8, 4) is 5.75 Å². The van der Waals surface area contributed by atoms with Crippen LogP contribution in [-0.4, -0.2) is 19.2 Å². The largest absolute Gasteiger partial charge is 0.494 e. The lowest BCUT2D eigenvalue weighted by molar-refractivity contribution is 0.358. The Morgan fingerprint density at radius 3 is 2.50 bits per heavy atom. The summed E-state index contributed by atoms with van der Waals surface area (Å²) in [6.45, 7) is 4.73. The maximum atomic E-state index is 13.7. The first-order valence-electron chi connectivity index (χ1n) is 5.86. The molecule has 0 unspecified atom stereocenters. The van der Waals surface area contributed by atoms with Crippen LogP contribution in [0.5, 0.6) is 5.75 Å². The molecule has 0 aliphatic rings. The molecule has 0 atom stereocenters. The maximum absolute atomic E-state index is 13.7. The second-order valence-corrected chi connectivity index (χ2v) is 4.85. The van der Waals surface area contributed by atoms with E-state index in [-0.39, 0.29) is 23.4 Å². The SMILES string of the molecule is COc1cc(F)c(CNC(C)(C)CCN)cc1F. The smallest absolute Gasteiger partial charge is 0.165 e. The van der Waals surface area contributed by atoms with Crippen molar-refractivity contribution in [1.82, 2.24) is 5.32 Å². The van der Waals surface area contributed by atoms with E-state index in [4.69, 9.17) is 10.5 Å². The average molecular weight is 258 g/mol. The third kappa shape index (κ3) is 3.92. The van der Waals surface area contributed by atoms with Crippen LogP contribution in [0.1, 0.15) is 25.8 Å². The van der Waals surface area contributed by atoms with Crippen LogP contribution in [0.4, 0.5) is 8.78 Å². The first kappa shape index (κ1) is 14.9. The van der Waals surface area contributed by atoms with E-state index in [2.05, 4.69) is 5.32 Å². The minimum Gasteiger partial charge on any atom is -0.494 e. The molecule has 0 bridgehead atoms. The van der Waals surface area contributed by atoms with Crippen molar-refractivity contribution in [2.24, 2.45) is 5.73 Å². The standard InChI is InChI=1S/C13H20F2N2O/c1-13(2,4-5-16)17-8-9-6-11(15)12(18-3)7-10(9)14/h6-7,17H,4-5,8,16H2,1-3H3. The number of rotatable bonds is 6. The van der Waals surface area contributed by atoms with E-state index in [9.17, 15) is 8.78 Å². The molecular formula is C13H20F2N2O. The second kappa shape index (κ2) is 6.11. The third-order valence-corrected chi connectivity index (χ3v) is 2.85. The summed E-state index contributed by atoms with van der Waals surface area (Å²) in [7, 11) is 1.31. The van der Waals surface area contributed by atoms with E-state index in [1.165, 1.54) is 7.11 Å². The van der Waals surface area contributed by atoms with Gasteiger partial charge in [0.15, 0.2) is 11.6 Å². The molecule has 5 heteroatoms. The quantitative estimate of drug-likeness (QED) is 0.822. The van der Waals surface area contributed by atoms with Crippen molar-refractivity contribution in [1.29, 1.82) is 0 Å². The van der Waals surface area contributed by atoms with Gasteiger partial charge >= 0.3 is 0 Å². The summed E-state index contributed by atoms with van der Waals surface area (Å²) in [5.41, 5.74) is 5.55. The second-order valence-electron chi connectivity index (χ2n) is 4.85. The molecule has 102 valence electrons. The normalized spacial score (nSPS) is 11.7. The van der Waals surface area contributed by atoms with Gasteiger partial charge in [-0.25, -0.2) is 8.78 Å². The number of methoxy groups -OCH3 is 1. The first-order chi connectivity index (χ1) is 8.39. The molecule has 0 amide bonds. The highest BCUT2D eigenvalue weighted by molar-refractivity contribution is 5.30. The van der Waals surface area contributed by atoms with Crippen LogP contribution in [0.25, 0.3) is 0 Å². The molecule has 0 saturated heterocycles. The van der Waals surface area contributed by atoms with E-state index in [1.807, 2.05) is 13.8 Å². The van der Waals surface area contributed by atoms with Gasteiger partial charge in [-0.1, -0.05) is 0 Å². The van der Waals surface area contributed by atoms with Gasteiger partial charge in [-0.2, -0.15) is 0 Å². The Labute approximate surface area is 106 Å². The molecule has 1 rings (SSSR count). The van der Waals surface area contributed by atoms with Gasteiger partial charge in [-0.05, 0) is 32.9 Å². The zero-order chi connectivity index (χ0) is 13.8.